The average Bonchev–Trinajstić information content (AvgIpc) is 2.72. The molecule has 0 aromatic heterocycles. The van der Waals surface area contributed by atoms with Crippen LogP contribution in [-0.2, 0) is 21.4 Å². The van der Waals surface area contributed by atoms with Gasteiger partial charge in [0.1, 0.15) is 0 Å². The number of carbonyl (C=O) groups excluding carboxylic acids is 3. The molecule has 1 aliphatic heterocycles. The van der Waals surface area contributed by atoms with Gasteiger partial charge >= 0.3 is 0 Å². The van der Waals surface area contributed by atoms with Gasteiger partial charge in [0.05, 0.1) is 23.5 Å². The first-order valence-electron chi connectivity index (χ1n) is 9.33. The molecule has 0 atom stereocenters. The van der Waals surface area contributed by atoms with E-state index in [1.54, 1.807) is 24.3 Å². The molecule has 0 saturated carbocycles. The Balaban J connectivity index is 1.61. The number of carbonyl (C=O) groups is 3. The number of nitrogens with one attached hydrogen (secondary N) is 3. The molecule has 11 heteroatoms. The van der Waals surface area contributed by atoms with Gasteiger partial charge in [0.25, 0.3) is 11.8 Å². The largest absolute Gasteiger partial charge is 0.353 e. The standard InChI is InChI=1S/C20H21ClN4O5S/c1-31(29,30)24-17-10-15(6-7-16(17)21)19(27)23-11-13-2-4-14(5-3-13)20(28)25-9-8-22-18(26)12-25/h2-7,10,24H,8-9,11-12H2,1H3,(H,22,26)(H,23,27). The van der Waals surface area contributed by atoms with E-state index in [1.807, 2.05) is 0 Å². The van der Waals surface area contributed by atoms with Crippen molar-refractivity contribution in [2.75, 3.05) is 30.6 Å². The molecule has 0 unspecified atom stereocenters. The molecule has 3 amide bonds. The Hall–Kier alpha value is -3.11. The van der Waals surface area contributed by atoms with E-state index in [1.165, 1.54) is 23.1 Å². The minimum absolute atomic E-state index is 0.0356. The van der Waals surface area contributed by atoms with E-state index in [-0.39, 0.29) is 41.2 Å². The lowest BCUT2D eigenvalue weighted by Crippen LogP contribution is -2.49. The van der Waals surface area contributed by atoms with Crippen LogP contribution in [0.25, 0.3) is 0 Å². The molecule has 3 rings (SSSR count). The lowest BCUT2D eigenvalue weighted by molar-refractivity contribution is -0.123. The van der Waals surface area contributed by atoms with Crippen LogP contribution in [0.3, 0.4) is 0 Å². The van der Waals surface area contributed by atoms with Crippen molar-refractivity contribution >= 4 is 45.0 Å². The number of anilines is 1. The highest BCUT2D eigenvalue weighted by Gasteiger charge is 2.22. The molecule has 31 heavy (non-hydrogen) atoms. The molecule has 9 nitrogen and oxygen atoms in total. The zero-order chi connectivity index (χ0) is 22.6. The highest BCUT2D eigenvalue weighted by molar-refractivity contribution is 7.92. The molecule has 3 N–H and O–H groups in total. The fourth-order valence-corrected chi connectivity index (χ4v) is 3.78. The number of piperazine rings is 1. The average molecular weight is 465 g/mol. The Bertz CT molecular complexity index is 1120. The molecule has 164 valence electrons. The summed E-state index contributed by atoms with van der Waals surface area (Å²) in [6, 6.07) is 11.0. The topological polar surface area (TPSA) is 125 Å². The normalized spacial score (nSPS) is 14.0. The first-order valence-corrected chi connectivity index (χ1v) is 11.6. The van der Waals surface area contributed by atoms with E-state index < -0.39 is 15.9 Å². The summed E-state index contributed by atoms with van der Waals surface area (Å²) < 4.78 is 25.1. The number of benzene rings is 2. The summed E-state index contributed by atoms with van der Waals surface area (Å²) in [5.41, 5.74) is 1.58. The quantitative estimate of drug-likeness (QED) is 0.592. The maximum absolute atomic E-state index is 12.5. The van der Waals surface area contributed by atoms with Gasteiger partial charge in [-0.1, -0.05) is 23.7 Å². The Labute approximate surface area is 184 Å². The molecule has 1 heterocycles. The van der Waals surface area contributed by atoms with Crippen LogP contribution in [-0.4, -0.2) is 56.9 Å². The molecule has 0 spiro atoms. The van der Waals surface area contributed by atoms with E-state index in [4.69, 9.17) is 11.6 Å². The van der Waals surface area contributed by atoms with E-state index in [2.05, 4.69) is 15.4 Å². The van der Waals surface area contributed by atoms with Gasteiger partial charge in [-0.3, -0.25) is 19.1 Å². The van der Waals surface area contributed by atoms with E-state index >= 15 is 0 Å². The summed E-state index contributed by atoms with van der Waals surface area (Å²) in [4.78, 5) is 37.8. The molecule has 2 aromatic carbocycles. The van der Waals surface area contributed by atoms with Gasteiger partial charge in [0, 0.05) is 30.8 Å². The van der Waals surface area contributed by atoms with Crippen molar-refractivity contribution in [3.05, 3.63) is 64.2 Å². The van der Waals surface area contributed by atoms with Crippen molar-refractivity contribution in [1.82, 2.24) is 15.5 Å². The minimum Gasteiger partial charge on any atom is -0.353 e. The van der Waals surface area contributed by atoms with Crippen LogP contribution in [0, 0.1) is 0 Å². The third-order valence-electron chi connectivity index (χ3n) is 4.50. The summed E-state index contributed by atoms with van der Waals surface area (Å²) in [5, 5.41) is 5.58. The zero-order valence-electron chi connectivity index (χ0n) is 16.6. The molecular weight excluding hydrogens is 444 g/mol. The van der Waals surface area contributed by atoms with Crippen LogP contribution < -0.4 is 15.4 Å². The van der Waals surface area contributed by atoms with Crippen LogP contribution in [0.1, 0.15) is 26.3 Å². The second-order valence-electron chi connectivity index (χ2n) is 7.03. The predicted octanol–water partition coefficient (Wildman–Crippen LogP) is 1.21. The zero-order valence-corrected chi connectivity index (χ0v) is 18.2. The fraction of sp³-hybridized carbons (Fsp3) is 0.250. The van der Waals surface area contributed by atoms with Crippen LogP contribution in [0.4, 0.5) is 5.69 Å². The molecular formula is C20H21ClN4O5S. The lowest BCUT2D eigenvalue weighted by Gasteiger charge is -2.26. The lowest BCUT2D eigenvalue weighted by atomic mass is 10.1. The van der Waals surface area contributed by atoms with Gasteiger partial charge in [-0.2, -0.15) is 0 Å². The number of rotatable bonds is 6. The maximum Gasteiger partial charge on any atom is 0.254 e. The van der Waals surface area contributed by atoms with Crippen LogP contribution in [0.5, 0.6) is 0 Å². The third kappa shape index (κ3) is 6.19. The molecule has 1 saturated heterocycles. The highest BCUT2D eigenvalue weighted by atomic mass is 35.5. The van der Waals surface area contributed by atoms with Gasteiger partial charge in [0.15, 0.2) is 0 Å². The number of amides is 3. The molecule has 1 fully saturated rings. The number of hydrogen-bond donors (Lipinski definition) is 3. The first-order chi connectivity index (χ1) is 14.6. The minimum atomic E-state index is -3.54. The summed E-state index contributed by atoms with van der Waals surface area (Å²) in [7, 11) is -3.54. The van der Waals surface area contributed by atoms with Crippen molar-refractivity contribution in [3.8, 4) is 0 Å². The smallest absolute Gasteiger partial charge is 0.254 e. The fourth-order valence-electron chi connectivity index (χ4n) is 2.99. The summed E-state index contributed by atoms with van der Waals surface area (Å²) >= 11 is 5.97. The Morgan fingerprint density at radius 3 is 2.45 bits per heavy atom. The molecule has 0 aliphatic carbocycles. The third-order valence-corrected chi connectivity index (χ3v) is 5.42. The van der Waals surface area contributed by atoms with Crippen LogP contribution in [0.15, 0.2) is 42.5 Å². The Morgan fingerprint density at radius 2 is 1.81 bits per heavy atom. The monoisotopic (exact) mass is 464 g/mol. The van der Waals surface area contributed by atoms with Crippen molar-refractivity contribution < 1.29 is 22.8 Å². The molecule has 0 bridgehead atoms. The number of halogens is 1. The van der Waals surface area contributed by atoms with Gasteiger partial charge in [-0.15, -0.1) is 0 Å². The molecule has 2 aromatic rings. The number of nitrogens with zero attached hydrogens (tertiary/aromatic N) is 1. The van der Waals surface area contributed by atoms with Crippen molar-refractivity contribution in [3.63, 3.8) is 0 Å². The highest BCUT2D eigenvalue weighted by Crippen LogP contribution is 2.24. The van der Waals surface area contributed by atoms with Gasteiger partial charge in [0.2, 0.25) is 15.9 Å². The Kier molecular flexibility index (Phi) is 6.81. The molecule has 1 aliphatic rings. The van der Waals surface area contributed by atoms with E-state index in [0.29, 0.717) is 18.7 Å². The number of sulfonamides is 1. The van der Waals surface area contributed by atoms with Gasteiger partial charge in [-0.25, -0.2) is 8.42 Å². The molecule has 0 radical (unpaired) electrons. The van der Waals surface area contributed by atoms with Crippen molar-refractivity contribution in [2.24, 2.45) is 0 Å². The SMILES string of the molecule is CS(=O)(=O)Nc1cc(C(=O)NCc2ccc(C(=O)N3CCNC(=O)C3)cc2)ccc1Cl. The Morgan fingerprint density at radius 1 is 1.13 bits per heavy atom. The van der Waals surface area contributed by atoms with E-state index in [0.717, 1.165) is 11.8 Å². The van der Waals surface area contributed by atoms with Crippen LogP contribution >= 0.6 is 11.6 Å². The second kappa shape index (κ2) is 9.36. The van der Waals surface area contributed by atoms with Gasteiger partial charge < -0.3 is 15.5 Å². The number of hydrogen-bond acceptors (Lipinski definition) is 5. The summed E-state index contributed by atoms with van der Waals surface area (Å²) in [6.45, 7) is 1.13. The van der Waals surface area contributed by atoms with E-state index in [9.17, 15) is 22.8 Å². The van der Waals surface area contributed by atoms with Crippen molar-refractivity contribution in [1.29, 1.82) is 0 Å². The van der Waals surface area contributed by atoms with Gasteiger partial charge in [-0.05, 0) is 35.9 Å². The predicted molar refractivity (Wildman–Crippen MR) is 116 cm³/mol. The van der Waals surface area contributed by atoms with Crippen molar-refractivity contribution in [2.45, 2.75) is 6.54 Å². The summed E-state index contributed by atoms with van der Waals surface area (Å²) in [6.07, 6.45) is 0.991. The second-order valence-corrected chi connectivity index (χ2v) is 9.18. The maximum atomic E-state index is 12.5. The summed E-state index contributed by atoms with van der Waals surface area (Å²) in [5.74, 6) is -0.818. The first kappa shape index (κ1) is 22.6. The van der Waals surface area contributed by atoms with Crippen LogP contribution in [0.2, 0.25) is 5.02 Å².